The summed E-state index contributed by atoms with van der Waals surface area (Å²) in [6.07, 6.45) is 3.09. The van der Waals surface area contributed by atoms with E-state index in [1.54, 1.807) is 4.57 Å². The van der Waals surface area contributed by atoms with Gasteiger partial charge in [0.25, 0.3) is 11.8 Å². The number of hydrogen-bond donors (Lipinski definition) is 2. The van der Waals surface area contributed by atoms with E-state index < -0.39 is 23.6 Å². The van der Waals surface area contributed by atoms with E-state index >= 15 is 0 Å². The highest BCUT2D eigenvalue weighted by molar-refractivity contribution is 7.12. The van der Waals surface area contributed by atoms with Crippen LogP contribution in [0.4, 0.5) is 0 Å². The van der Waals surface area contributed by atoms with Gasteiger partial charge in [0.15, 0.2) is 0 Å². The standard InChI is InChI=1S/C18H16N4O3S/c19-17(24)16(23)13(9-12-5-2-1-3-6-12)21-18(25)14-10-20-11-22(14)15-7-4-8-26-15/h1-8,10-11,13H,9H2,(H2,19,24)(H,21,25). The normalized spacial score (nSPS) is 11.7. The Bertz CT molecular complexity index is 919. The first kappa shape index (κ1) is 17.6. The van der Waals surface area contributed by atoms with Crippen LogP contribution in [0.5, 0.6) is 0 Å². The average Bonchev–Trinajstić information content (AvgIpc) is 3.32. The second-order valence-corrected chi connectivity index (χ2v) is 6.47. The first-order chi connectivity index (χ1) is 12.6. The number of benzene rings is 1. The fraction of sp³-hybridized carbons (Fsp3) is 0.111. The number of carbonyl (C=O) groups is 3. The van der Waals surface area contributed by atoms with Gasteiger partial charge in [0, 0.05) is 6.42 Å². The molecule has 0 aliphatic carbocycles. The molecule has 0 aliphatic heterocycles. The minimum absolute atomic E-state index is 0.168. The molecule has 3 N–H and O–H groups in total. The number of primary amides is 1. The Morgan fingerprint density at radius 1 is 1.15 bits per heavy atom. The Labute approximate surface area is 153 Å². The van der Waals surface area contributed by atoms with Gasteiger partial charge in [-0.05, 0) is 23.1 Å². The second-order valence-electron chi connectivity index (χ2n) is 5.54. The third kappa shape index (κ3) is 3.86. The number of aromatic nitrogens is 2. The molecule has 3 rings (SSSR count). The summed E-state index contributed by atoms with van der Waals surface area (Å²) in [5, 5.41) is 5.30. The number of imidazole rings is 1. The summed E-state index contributed by atoms with van der Waals surface area (Å²) in [5.41, 5.74) is 6.21. The molecule has 1 atom stereocenters. The van der Waals surface area contributed by atoms with Crippen molar-refractivity contribution in [1.29, 1.82) is 0 Å². The lowest BCUT2D eigenvalue weighted by atomic mass is 10.0. The zero-order valence-corrected chi connectivity index (χ0v) is 14.5. The summed E-state index contributed by atoms with van der Waals surface area (Å²) in [4.78, 5) is 40.2. The second kappa shape index (κ2) is 7.75. The number of thiophene rings is 1. The van der Waals surface area contributed by atoms with Crippen molar-refractivity contribution in [1.82, 2.24) is 14.9 Å². The van der Waals surface area contributed by atoms with E-state index in [0.717, 1.165) is 10.6 Å². The van der Waals surface area contributed by atoms with Crippen LogP contribution in [0.2, 0.25) is 0 Å². The van der Waals surface area contributed by atoms with Crippen LogP contribution in [-0.4, -0.2) is 33.2 Å². The maximum absolute atomic E-state index is 12.7. The van der Waals surface area contributed by atoms with Crippen LogP contribution in [0, 0.1) is 0 Å². The monoisotopic (exact) mass is 368 g/mol. The molecule has 2 heterocycles. The van der Waals surface area contributed by atoms with E-state index in [2.05, 4.69) is 10.3 Å². The van der Waals surface area contributed by atoms with Crippen molar-refractivity contribution in [2.45, 2.75) is 12.5 Å². The summed E-state index contributed by atoms with van der Waals surface area (Å²) in [5.74, 6) is -2.44. The van der Waals surface area contributed by atoms with Crippen LogP contribution in [0.25, 0.3) is 5.00 Å². The molecule has 26 heavy (non-hydrogen) atoms. The van der Waals surface area contributed by atoms with Crippen molar-refractivity contribution in [2.24, 2.45) is 5.73 Å². The number of nitrogens with one attached hydrogen (secondary N) is 1. The lowest BCUT2D eigenvalue weighted by Gasteiger charge is -2.16. The third-order valence-corrected chi connectivity index (χ3v) is 4.63. The summed E-state index contributed by atoms with van der Waals surface area (Å²) < 4.78 is 1.62. The smallest absolute Gasteiger partial charge is 0.287 e. The van der Waals surface area contributed by atoms with Crippen LogP contribution >= 0.6 is 11.3 Å². The van der Waals surface area contributed by atoms with Crippen molar-refractivity contribution in [3.63, 3.8) is 0 Å². The lowest BCUT2D eigenvalue weighted by molar-refractivity contribution is -0.137. The molecule has 1 aromatic carbocycles. The summed E-state index contributed by atoms with van der Waals surface area (Å²) in [7, 11) is 0. The number of nitrogens with zero attached hydrogens (tertiary/aromatic N) is 2. The van der Waals surface area contributed by atoms with E-state index in [1.807, 2.05) is 47.8 Å². The fourth-order valence-electron chi connectivity index (χ4n) is 2.51. The van der Waals surface area contributed by atoms with Gasteiger partial charge < -0.3 is 11.1 Å². The average molecular weight is 368 g/mol. The zero-order chi connectivity index (χ0) is 18.5. The van der Waals surface area contributed by atoms with Crippen molar-refractivity contribution < 1.29 is 14.4 Å². The van der Waals surface area contributed by atoms with Crippen molar-refractivity contribution in [2.75, 3.05) is 0 Å². The Morgan fingerprint density at radius 2 is 1.92 bits per heavy atom. The molecule has 7 nitrogen and oxygen atoms in total. The SMILES string of the molecule is NC(=O)C(=O)C(Cc1ccccc1)NC(=O)c1cncn1-c1cccs1. The number of Topliss-reactive ketones (excluding diaryl/α,β-unsaturated/α-hetero) is 1. The predicted molar refractivity (Wildman–Crippen MR) is 97.0 cm³/mol. The van der Waals surface area contributed by atoms with E-state index in [1.165, 1.54) is 23.9 Å². The number of carbonyl (C=O) groups excluding carboxylic acids is 3. The van der Waals surface area contributed by atoms with Crippen LogP contribution in [0.15, 0.2) is 60.4 Å². The van der Waals surface area contributed by atoms with Gasteiger partial charge in [-0.2, -0.15) is 0 Å². The third-order valence-electron chi connectivity index (χ3n) is 3.76. The van der Waals surface area contributed by atoms with Crippen molar-refractivity contribution in [3.8, 4) is 5.00 Å². The predicted octanol–water partition coefficient (Wildman–Crippen LogP) is 1.33. The molecule has 0 saturated heterocycles. The summed E-state index contributed by atoms with van der Waals surface area (Å²) >= 11 is 1.45. The molecule has 0 aliphatic rings. The summed E-state index contributed by atoms with van der Waals surface area (Å²) in [6, 6.07) is 11.7. The summed E-state index contributed by atoms with van der Waals surface area (Å²) in [6.45, 7) is 0. The van der Waals surface area contributed by atoms with E-state index in [4.69, 9.17) is 5.73 Å². The van der Waals surface area contributed by atoms with E-state index in [0.29, 0.717) is 0 Å². The highest BCUT2D eigenvalue weighted by atomic mass is 32.1. The number of hydrogen-bond acceptors (Lipinski definition) is 5. The molecule has 8 heteroatoms. The maximum atomic E-state index is 12.7. The molecule has 132 valence electrons. The molecule has 2 aromatic heterocycles. The van der Waals surface area contributed by atoms with Gasteiger partial charge in [-0.25, -0.2) is 4.98 Å². The largest absolute Gasteiger partial charge is 0.363 e. The van der Waals surface area contributed by atoms with Gasteiger partial charge in [-0.15, -0.1) is 11.3 Å². The van der Waals surface area contributed by atoms with Gasteiger partial charge in [0.2, 0.25) is 5.78 Å². The van der Waals surface area contributed by atoms with Crippen LogP contribution in [0.3, 0.4) is 0 Å². The number of amides is 2. The molecule has 0 fully saturated rings. The fourth-order valence-corrected chi connectivity index (χ4v) is 3.22. The maximum Gasteiger partial charge on any atom is 0.287 e. The number of ketones is 1. The van der Waals surface area contributed by atoms with Gasteiger partial charge in [-0.3, -0.25) is 19.0 Å². The van der Waals surface area contributed by atoms with Crippen molar-refractivity contribution in [3.05, 3.63) is 71.6 Å². The first-order valence-corrected chi connectivity index (χ1v) is 8.69. The molecule has 0 bridgehead atoms. The Kier molecular flexibility index (Phi) is 5.23. The van der Waals surface area contributed by atoms with E-state index in [-0.39, 0.29) is 12.1 Å². The Balaban J connectivity index is 1.83. The van der Waals surface area contributed by atoms with Gasteiger partial charge in [-0.1, -0.05) is 30.3 Å². The minimum Gasteiger partial charge on any atom is -0.363 e. The Morgan fingerprint density at radius 3 is 2.58 bits per heavy atom. The molecule has 3 aromatic rings. The molecule has 0 radical (unpaired) electrons. The minimum atomic E-state index is -1.09. The lowest BCUT2D eigenvalue weighted by Crippen LogP contribution is -2.47. The molecule has 0 spiro atoms. The van der Waals surface area contributed by atoms with Gasteiger partial charge in [0.1, 0.15) is 23.1 Å². The highest BCUT2D eigenvalue weighted by Gasteiger charge is 2.27. The molecular formula is C18H16N4O3S. The quantitative estimate of drug-likeness (QED) is 0.614. The van der Waals surface area contributed by atoms with E-state index in [9.17, 15) is 14.4 Å². The Hall–Kier alpha value is -3.26. The zero-order valence-electron chi connectivity index (χ0n) is 13.7. The van der Waals surface area contributed by atoms with Crippen LogP contribution in [0.1, 0.15) is 16.1 Å². The molecule has 2 amide bonds. The van der Waals surface area contributed by atoms with Crippen LogP contribution in [-0.2, 0) is 16.0 Å². The molecular weight excluding hydrogens is 352 g/mol. The molecule has 1 unspecified atom stereocenters. The van der Waals surface area contributed by atoms with Gasteiger partial charge in [0.05, 0.1) is 6.20 Å². The highest BCUT2D eigenvalue weighted by Crippen LogP contribution is 2.17. The van der Waals surface area contributed by atoms with Crippen molar-refractivity contribution >= 4 is 28.9 Å². The number of nitrogens with two attached hydrogens (primary N) is 1. The van der Waals surface area contributed by atoms with Gasteiger partial charge >= 0.3 is 0 Å². The molecule has 0 saturated carbocycles. The van der Waals surface area contributed by atoms with Crippen LogP contribution < -0.4 is 11.1 Å². The topological polar surface area (TPSA) is 107 Å². The number of rotatable bonds is 7. The first-order valence-electron chi connectivity index (χ1n) is 7.81.